The molecule has 0 rings (SSSR count). The van der Waals surface area contributed by atoms with Crippen molar-refractivity contribution in [2.75, 3.05) is 13.2 Å². The summed E-state index contributed by atoms with van der Waals surface area (Å²) in [5.41, 5.74) is 0. The van der Waals surface area contributed by atoms with Gasteiger partial charge in [-0.3, -0.25) is 9.59 Å². The van der Waals surface area contributed by atoms with E-state index in [-0.39, 0.29) is 25.2 Å². The van der Waals surface area contributed by atoms with Gasteiger partial charge in [0.2, 0.25) is 0 Å². The molecule has 0 heterocycles. The minimum atomic E-state index is -0.788. The lowest BCUT2D eigenvalue weighted by Crippen LogP contribution is -2.28. The van der Waals surface area contributed by atoms with Gasteiger partial charge in [0.1, 0.15) is 6.61 Å². The Morgan fingerprint density at radius 3 is 1.35 bits per heavy atom. The molecule has 1 N–H and O–H groups in total. The monoisotopic (exact) mass is 671 g/mol. The number of allylic oxidation sites excluding steroid dienone is 10. The lowest BCUT2D eigenvalue weighted by Gasteiger charge is -2.15. The molecule has 0 bridgehead atoms. The Bertz CT molecular complexity index is 853. The maximum atomic E-state index is 12.2. The van der Waals surface area contributed by atoms with Crippen molar-refractivity contribution in [2.45, 2.75) is 187 Å². The highest BCUT2D eigenvalue weighted by molar-refractivity contribution is 5.70. The van der Waals surface area contributed by atoms with E-state index in [1.807, 2.05) is 0 Å². The number of hydrogen-bond donors (Lipinski definition) is 1. The number of esters is 2. The zero-order valence-corrected chi connectivity index (χ0v) is 31.2. The molecule has 0 aromatic heterocycles. The van der Waals surface area contributed by atoms with E-state index in [1.165, 1.54) is 77.0 Å². The van der Waals surface area contributed by atoms with Crippen LogP contribution in [0.25, 0.3) is 0 Å². The molecule has 5 nitrogen and oxygen atoms in total. The molecule has 0 aliphatic heterocycles. The normalized spacial score (nSPS) is 12.8. The van der Waals surface area contributed by atoms with Gasteiger partial charge in [0.15, 0.2) is 6.10 Å². The van der Waals surface area contributed by atoms with Gasteiger partial charge in [0, 0.05) is 12.8 Å². The summed E-state index contributed by atoms with van der Waals surface area (Å²) in [6.45, 7) is 3.99. The summed E-state index contributed by atoms with van der Waals surface area (Å²) in [5, 5.41) is 9.55. The molecule has 0 aromatic carbocycles. The first-order chi connectivity index (χ1) is 23.6. The number of hydrogen-bond acceptors (Lipinski definition) is 5. The zero-order valence-electron chi connectivity index (χ0n) is 31.2. The second kappa shape index (κ2) is 39.0. The van der Waals surface area contributed by atoms with E-state index < -0.39 is 6.10 Å². The Balaban J connectivity index is 3.64. The summed E-state index contributed by atoms with van der Waals surface area (Å²) in [4.78, 5) is 24.2. The van der Waals surface area contributed by atoms with E-state index >= 15 is 0 Å². The van der Waals surface area contributed by atoms with Gasteiger partial charge in [-0.25, -0.2) is 0 Å². The zero-order chi connectivity index (χ0) is 35.0. The van der Waals surface area contributed by atoms with Crippen LogP contribution in [0.3, 0.4) is 0 Å². The van der Waals surface area contributed by atoms with E-state index in [0.29, 0.717) is 12.8 Å². The highest BCUT2D eigenvalue weighted by Crippen LogP contribution is 2.14. The number of unbranched alkanes of at least 4 members (excludes halogenated alkanes) is 17. The third-order valence-corrected chi connectivity index (χ3v) is 8.33. The molecule has 1 atom stereocenters. The topological polar surface area (TPSA) is 72.8 Å². The molecule has 276 valence electrons. The smallest absolute Gasteiger partial charge is 0.306 e. The molecule has 0 spiro atoms. The third kappa shape index (κ3) is 36.4. The highest BCUT2D eigenvalue weighted by atomic mass is 16.6. The van der Waals surface area contributed by atoms with Crippen LogP contribution in [-0.4, -0.2) is 36.4 Å². The van der Waals surface area contributed by atoms with Crippen LogP contribution in [0.4, 0.5) is 0 Å². The molecular formula is C43H74O5. The molecule has 0 aliphatic carbocycles. The van der Waals surface area contributed by atoms with Crippen molar-refractivity contribution in [2.24, 2.45) is 0 Å². The maximum Gasteiger partial charge on any atom is 0.306 e. The lowest BCUT2D eigenvalue weighted by molar-refractivity contribution is -0.161. The van der Waals surface area contributed by atoms with Gasteiger partial charge >= 0.3 is 11.9 Å². The van der Waals surface area contributed by atoms with E-state index in [4.69, 9.17) is 9.47 Å². The number of ether oxygens (including phenoxy) is 2. The van der Waals surface area contributed by atoms with Crippen LogP contribution in [0.5, 0.6) is 0 Å². The van der Waals surface area contributed by atoms with Crippen molar-refractivity contribution in [1.82, 2.24) is 0 Å². The maximum absolute atomic E-state index is 12.2. The molecule has 0 saturated carbocycles. The molecule has 48 heavy (non-hydrogen) atoms. The molecule has 0 aromatic rings. The SMILES string of the molecule is CC/C=C\C/C=C\C/C=C\C/C=C\C/C=C\CCCCCC(=O)O[C@@H](CO)COC(=O)CCCCCCCCCCCCCCCCC. The molecule has 5 heteroatoms. The molecule has 0 radical (unpaired) electrons. The standard InChI is InChI=1S/C43H74O5/c1-3-5-7-9-11-13-15-17-19-20-21-22-24-26-28-30-32-34-36-38-43(46)48-41(39-44)40-47-42(45)37-35-33-31-29-27-25-23-18-16-14-12-10-8-6-4-2/h5,7,11,13,17,19,21-22,26,28,41,44H,3-4,6,8-10,12,14-16,18,20,23-25,27,29-40H2,1-2H3/b7-5-,13-11-,19-17-,22-21-,28-26-/t41-/m0/s1. The number of carbonyl (C=O) groups excluding carboxylic acids is 2. The number of aliphatic hydroxyl groups is 1. The largest absolute Gasteiger partial charge is 0.462 e. The van der Waals surface area contributed by atoms with Crippen molar-refractivity contribution in [3.63, 3.8) is 0 Å². The number of aliphatic hydroxyl groups excluding tert-OH is 1. The van der Waals surface area contributed by atoms with Gasteiger partial charge < -0.3 is 14.6 Å². The van der Waals surface area contributed by atoms with E-state index in [1.54, 1.807) is 0 Å². The van der Waals surface area contributed by atoms with Crippen LogP contribution in [0.15, 0.2) is 60.8 Å². The fourth-order valence-electron chi connectivity index (χ4n) is 5.34. The Morgan fingerprint density at radius 1 is 0.500 bits per heavy atom. The third-order valence-electron chi connectivity index (χ3n) is 8.33. The van der Waals surface area contributed by atoms with Crippen molar-refractivity contribution < 1.29 is 24.2 Å². The minimum Gasteiger partial charge on any atom is -0.462 e. The first kappa shape index (κ1) is 45.6. The quantitative estimate of drug-likeness (QED) is 0.0413. The number of carbonyl (C=O) groups is 2. The Hall–Kier alpha value is -2.40. The minimum absolute atomic E-state index is 0.0795. The summed E-state index contributed by atoms with van der Waals surface area (Å²) in [6.07, 6.45) is 49.9. The van der Waals surface area contributed by atoms with Crippen LogP contribution >= 0.6 is 0 Å². The molecule has 0 aliphatic rings. The predicted molar refractivity (Wildman–Crippen MR) is 205 cm³/mol. The average Bonchev–Trinajstić information content (AvgIpc) is 3.09. The molecule has 0 unspecified atom stereocenters. The Kier molecular flexibility index (Phi) is 37.1. The van der Waals surface area contributed by atoms with E-state index in [2.05, 4.69) is 74.6 Å². The Morgan fingerprint density at radius 2 is 0.896 bits per heavy atom. The van der Waals surface area contributed by atoms with Crippen molar-refractivity contribution in [1.29, 1.82) is 0 Å². The summed E-state index contributed by atoms with van der Waals surface area (Å²) >= 11 is 0. The summed E-state index contributed by atoms with van der Waals surface area (Å²) in [7, 11) is 0. The second-order valence-corrected chi connectivity index (χ2v) is 13.0. The summed E-state index contributed by atoms with van der Waals surface area (Å²) < 4.78 is 10.6. The van der Waals surface area contributed by atoms with Gasteiger partial charge in [0.25, 0.3) is 0 Å². The Labute approximate surface area is 296 Å². The van der Waals surface area contributed by atoms with Crippen LogP contribution in [0.1, 0.15) is 181 Å². The summed E-state index contributed by atoms with van der Waals surface area (Å²) in [6, 6.07) is 0. The van der Waals surface area contributed by atoms with Gasteiger partial charge in [-0.2, -0.15) is 0 Å². The molecule has 0 amide bonds. The second-order valence-electron chi connectivity index (χ2n) is 13.0. The van der Waals surface area contributed by atoms with Crippen LogP contribution in [0, 0.1) is 0 Å². The van der Waals surface area contributed by atoms with E-state index in [9.17, 15) is 14.7 Å². The fraction of sp³-hybridized carbons (Fsp3) is 0.721. The number of rotatable bonds is 35. The fourth-order valence-corrected chi connectivity index (χ4v) is 5.34. The van der Waals surface area contributed by atoms with Gasteiger partial charge in [-0.05, 0) is 57.8 Å². The van der Waals surface area contributed by atoms with Crippen molar-refractivity contribution >= 4 is 11.9 Å². The molecular weight excluding hydrogens is 596 g/mol. The van der Waals surface area contributed by atoms with Crippen LogP contribution < -0.4 is 0 Å². The van der Waals surface area contributed by atoms with Gasteiger partial charge in [0.05, 0.1) is 6.61 Å². The van der Waals surface area contributed by atoms with Crippen molar-refractivity contribution in [3.8, 4) is 0 Å². The molecule has 0 fully saturated rings. The average molecular weight is 671 g/mol. The van der Waals surface area contributed by atoms with Crippen molar-refractivity contribution in [3.05, 3.63) is 60.8 Å². The highest BCUT2D eigenvalue weighted by Gasteiger charge is 2.16. The van der Waals surface area contributed by atoms with Gasteiger partial charge in [-0.15, -0.1) is 0 Å². The predicted octanol–water partition coefficient (Wildman–Crippen LogP) is 12.4. The lowest BCUT2D eigenvalue weighted by atomic mass is 10.0. The van der Waals surface area contributed by atoms with E-state index in [0.717, 1.165) is 77.0 Å². The molecule has 0 saturated heterocycles. The van der Waals surface area contributed by atoms with Crippen LogP contribution in [0.2, 0.25) is 0 Å². The van der Waals surface area contributed by atoms with Gasteiger partial charge in [-0.1, -0.05) is 171 Å². The first-order valence-corrected chi connectivity index (χ1v) is 19.8. The first-order valence-electron chi connectivity index (χ1n) is 19.8. The van der Waals surface area contributed by atoms with Crippen LogP contribution in [-0.2, 0) is 19.1 Å². The summed E-state index contributed by atoms with van der Waals surface area (Å²) in [5.74, 6) is -0.628.